The number of nitrogens with zero attached hydrogens (tertiary/aromatic N) is 3. The average Bonchev–Trinajstić information content (AvgIpc) is 3.22. The van der Waals surface area contributed by atoms with Gasteiger partial charge in [0.1, 0.15) is 17.4 Å². The van der Waals surface area contributed by atoms with Gasteiger partial charge in [0, 0.05) is 25.5 Å². The summed E-state index contributed by atoms with van der Waals surface area (Å²) < 4.78 is 43.6. The van der Waals surface area contributed by atoms with E-state index in [0.29, 0.717) is 24.1 Å². The summed E-state index contributed by atoms with van der Waals surface area (Å²) in [7, 11) is 1.60. The van der Waals surface area contributed by atoms with Crippen molar-refractivity contribution in [1.29, 1.82) is 0 Å². The Morgan fingerprint density at radius 1 is 1.13 bits per heavy atom. The van der Waals surface area contributed by atoms with Crippen molar-refractivity contribution < 1.29 is 17.9 Å². The zero-order valence-electron chi connectivity index (χ0n) is 17.8. The van der Waals surface area contributed by atoms with Crippen molar-refractivity contribution in [3.63, 3.8) is 0 Å². The van der Waals surface area contributed by atoms with Crippen LogP contribution in [0.1, 0.15) is 30.1 Å². The molecular weight excluding hydrogens is 542 g/mol. The molecule has 0 aliphatic carbocycles. The number of hydrogen-bond donors (Lipinski definition) is 2. The van der Waals surface area contributed by atoms with E-state index in [4.69, 9.17) is 4.74 Å². The molecule has 0 bridgehead atoms. The maximum absolute atomic E-state index is 12.6. The molecule has 31 heavy (non-hydrogen) atoms. The quantitative estimate of drug-likeness (QED) is 0.252. The molecule has 0 fully saturated rings. The zero-order valence-corrected chi connectivity index (χ0v) is 21.0. The van der Waals surface area contributed by atoms with E-state index in [1.807, 2.05) is 24.3 Å². The first kappa shape index (κ1) is 27.4. The van der Waals surface area contributed by atoms with Crippen molar-refractivity contribution in [2.24, 2.45) is 4.99 Å². The Hall–Kier alpha value is -1.60. The van der Waals surface area contributed by atoms with Crippen LogP contribution in [0.5, 0.6) is 5.75 Å². The summed E-state index contributed by atoms with van der Waals surface area (Å²) in [5, 5.41) is 7.46. The Labute approximate surface area is 202 Å². The van der Waals surface area contributed by atoms with Crippen LogP contribution in [0.3, 0.4) is 0 Å². The lowest BCUT2D eigenvalue weighted by atomic mass is 10.2. The van der Waals surface area contributed by atoms with Gasteiger partial charge in [0.2, 0.25) is 0 Å². The number of benzene rings is 1. The maximum Gasteiger partial charge on any atom is 0.434 e. The molecule has 0 saturated carbocycles. The molecule has 1 aromatic carbocycles. The van der Waals surface area contributed by atoms with Gasteiger partial charge in [0.25, 0.3) is 0 Å². The first-order valence-electron chi connectivity index (χ1n) is 9.75. The van der Waals surface area contributed by atoms with E-state index in [2.05, 4.69) is 39.4 Å². The number of likely N-dealkylation sites (N-methyl/N-ethyl adjacent to an activating group) is 1. The third-order valence-corrected chi connectivity index (χ3v) is 5.28. The molecule has 0 saturated heterocycles. The van der Waals surface area contributed by atoms with Gasteiger partial charge in [-0.2, -0.15) is 13.2 Å². The van der Waals surface area contributed by atoms with Crippen LogP contribution in [0.4, 0.5) is 13.2 Å². The second-order valence-corrected chi connectivity index (χ2v) is 7.37. The number of halogens is 4. The van der Waals surface area contributed by atoms with Crippen LogP contribution in [0.25, 0.3) is 0 Å². The van der Waals surface area contributed by atoms with Crippen LogP contribution >= 0.6 is 35.3 Å². The molecule has 1 aromatic heterocycles. The van der Waals surface area contributed by atoms with E-state index < -0.39 is 11.9 Å². The molecule has 174 valence electrons. The van der Waals surface area contributed by atoms with Gasteiger partial charge in [-0.1, -0.05) is 26.0 Å². The highest BCUT2D eigenvalue weighted by Gasteiger charge is 2.33. The first-order chi connectivity index (χ1) is 14.4. The number of guanidine groups is 1. The number of alkyl halides is 3. The molecule has 2 aromatic rings. The van der Waals surface area contributed by atoms with Gasteiger partial charge >= 0.3 is 6.18 Å². The van der Waals surface area contributed by atoms with Crippen molar-refractivity contribution >= 4 is 41.3 Å². The molecule has 0 aliphatic rings. The van der Waals surface area contributed by atoms with E-state index in [-0.39, 0.29) is 30.5 Å². The normalized spacial score (nSPS) is 11.9. The molecule has 6 nitrogen and oxygen atoms in total. The maximum atomic E-state index is 12.6. The standard InChI is InChI=1S/C20H28F3N5OS.HI/c1-4-28(5-2)10-11-29-16-8-6-15(7-9-16)12-25-19(24-3)26-13-18-27-17(14-30-18)20(21,22)23;/h6-9,14H,4-5,10-13H2,1-3H3,(H2,24,25,26);1H. The lowest BCUT2D eigenvalue weighted by molar-refractivity contribution is -0.140. The molecule has 0 unspecified atom stereocenters. The van der Waals surface area contributed by atoms with E-state index in [1.165, 1.54) is 0 Å². The molecule has 1 heterocycles. The van der Waals surface area contributed by atoms with Crippen LogP contribution in [-0.2, 0) is 19.3 Å². The Morgan fingerprint density at radius 3 is 2.32 bits per heavy atom. The molecule has 2 N–H and O–H groups in total. The topological polar surface area (TPSA) is 61.8 Å². The van der Waals surface area contributed by atoms with Crippen LogP contribution < -0.4 is 15.4 Å². The Kier molecular flexibility index (Phi) is 12.2. The second-order valence-electron chi connectivity index (χ2n) is 6.42. The van der Waals surface area contributed by atoms with Crippen molar-refractivity contribution in [2.45, 2.75) is 33.1 Å². The molecule has 0 aliphatic heterocycles. The van der Waals surface area contributed by atoms with Crippen molar-refractivity contribution in [2.75, 3.05) is 33.3 Å². The summed E-state index contributed by atoms with van der Waals surface area (Å²) in [6.07, 6.45) is -4.42. The zero-order chi connectivity index (χ0) is 22.0. The molecule has 0 atom stereocenters. The molecule has 2 rings (SSSR count). The molecule has 0 radical (unpaired) electrons. The number of nitrogens with one attached hydrogen (secondary N) is 2. The van der Waals surface area contributed by atoms with E-state index >= 15 is 0 Å². The third-order valence-electron chi connectivity index (χ3n) is 4.43. The smallest absolute Gasteiger partial charge is 0.434 e. The van der Waals surface area contributed by atoms with Crippen molar-refractivity contribution in [3.05, 3.63) is 45.9 Å². The Morgan fingerprint density at radius 2 is 1.77 bits per heavy atom. The van der Waals surface area contributed by atoms with E-state index in [1.54, 1.807) is 7.05 Å². The largest absolute Gasteiger partial charge is 0.492 e. The average molecular weight is 571 g/mol. The summed E-state index contributed by atoms with van der Waals surface area (Å²) in [6.45, 7) is 8.49. The lowest BCUT2D eigenvalue weighted by Crippen LogP contribution is -2.36. The summed E-state index contributed by atoms with van der Waals surface area (Å²) in [5.74, 6) is 1.30. The summed E-state index contributed by atoms with van der Waals surface area (Å²) >= 11 is 0.963. The lowest BCUT2D eigenvalue weighted by Gasteiger charge is -2.18. The van der Waals surface area contributed by atoms with Crippen LogP contribution in [0.2, 0.25) is 0 Å². The molecule has 0 amide bonds. The van der Waals surface area contributed by atoms with Gasteiger partial charge < -0.3 is 20.3 Å². The number of aromatic nitrogens is 1. The Bertz CT molecular complexity index is 795. The molecular formula is C20H29F3IN5OS. The fourth-order valence-corrected chi connectivity index (χ4v) is 3.36. The van der Waals surface area contributed by atoms with Crippen molar-refractivity contribution in [1.82, 2.24) is 20.5 Å². The number of aliphatic imine (C=N–C) groups is 1. The number of ether oxygens (including phenoxy) is 1. The second kappa shape index (κ2) is 13.7. The van der Waals surface area contributed by atoms with Gasteiger partial charge in [-0.05, 0) is 30.8 Å². The van der Waals surface area contributed by atoms with Gasteiger partial charge in [0.05, 0.1) is 6.54 Å². The summed E-state index contributed by atoms with van der Waals surface area (Å²) in [4.78, 5) is 9.98. The minimum atomic E-state index is -4.42. The minimum Gasteiger partial charge on any atom is -0.492 e. The van der Waals surface area contributed by atoms with Crippen molar-refractivity contribution in [3.8, 4) is 5.75 Å². The fraction of sp³-hybridized carbons (Fsp3) is 0.500. The van der Waals surface area contributed by atoms with Crippen LogP contribution in [0, 0.1) is 0 Å². The number of thiazole rings is 1. The summed E-state index contributed by atoms with van der Waals surface area (Å²) in [6, 6.07) is 7.76. The van der Waals surface area contributed by atoms with Gasteiger partial charge in [0.15, 0.2) is 11.7 Å². The number of rotatable bonds is 10. The fourth-order valence-electron chi connectivity index (χ4n) is 2.62. The highest BCUT2D eigenvalue weighted by Crippen LogP contribution is 2.29. The summed E-state index contributed by atoms with van der Waals surface area (Å²) in [5.41, 5.74) is 0.161. The minimum absolute atomic E-state index is 0. The van der Waals surface area contributed by atoms with Crippen LogP contribution in [0.15, 0.2) is 34.6 Å². The predicted octanol–water partition coefficient (Wildman–Crippen LogP) is 4.37. The predicted molar refractivity (Wildman–Crippen MR) is 129 cm³/mol. The highest BCUT2D eigenvalue weighted by molar-refractivity contribution is 14.0. The van der Waals surface area contributed by atoms with E-state index in [0.717, 1.165) is 47.7 Å². The molecule has 11 heteroatoms. The SMILES string of the molecule is CCN(CC)CCOc1ccc(CNC(=NC)NCc2nc(C(F)(F)F)cs2)cc1.I. The monoisotopic (exact) mass is 571 g/mol. The Balaban J connectivity index is 0.00000480. The number of hydrogen-bond acceptors (Lipinski definition) is 5. The van der Waals surface area contributed by atoms with E-state index in [9.17, 15) is 13.2 Å². The van der Waals surface area contributed by atoms with Crippen LogP contribution in [-0.4, -0.2) is 49.1 Å². The van der Waals surface area contributed by atoms with Gasteiger partial charge in [-0.25, -0.2) is 4.98 Å². The highest BCUT2D eigenvalue weighted by atomic mass is 127. The third kappa shape index (κ3) is 9.60. The first-order valence-corrected chi connectivity index (χ1v) is 10.6. The van der Waals surface area contributed by atoms with Gasteiger partial charge in [-0.15, -0.1) is 35.3 Å². The molecule has 0 spiro atoms. The van der Waals surface area contributed by atoms with Gasteiger partial charge in [-0.3, -0.25) is 4.99 Å².